The number of nitrogens with zero attached hydrogens (tertiary/aromatic N) is 3. The zero-order chi connectivity index (χ0) is 14.3. The van der Waals surface area contributed by atoms with E-state index in [2.05, 4.69) is 40.7 Å². The van der Waals surface area contributed by atoms with Gasteiger partial charge in [0.2, 0.25) is 0 Å². The van der Waals surface area contributed by atoms with Crippen molar-refractivity contribution in [3.05, 3.63) is 22.2 Å². The lowest BCUT2D eigenvalue weighted by Gasteiger charge is -2.26. The molecular weight excluding hydrogens is 252 g/mol. The van der Waals surface area contributed by atoms with Crippen molar-refractivity contribution >= 4 is 5.82 Å². The van der Waals surface area contributed by atoms with E-state index in [-0.39, 0.29) is 11.5 Å². The molecule has 2 atom stereocenters. The Labute approximate surface area is 120 Å². The summed E-state index contributed by atoms with van der Waals surface area (Å²) in [6.07, 6.45) is 3.74. The molecule has 0 aliphatic carbocycles. The Morgan fingerprint density at radius 2 is 2.05 bits per heavy atom. The molecule has 110 valence electrons. The van der Waals surface area contributed by atoms with Crippen molar-refractivity contribution in [1.29, 1.82) is 0 Å². The second-order valence-electron chi connectivity index (χ2n) is 6.43. The van der Waals surface area contributed by atoms with Crippen LogP contribution in [0, 0.1) is 0 Å². The van der Waals surface area contributed by atoms with Gasteiger partial charge in [0.05, 0.1) is 0 Å². The maximum atomic E-state index is 11.8. The number of aromatic amines is 1. The van der Waals surface area contributed by atoms with Gasteiger partial charge in [-0.25, -0.2) is 4.98 Å². The lowest BCUT2D eigenvalue weighted by Crippen LogP contribution is -2.37. The van der Waals surface area contributed by atoms with Gasteiger partial charge in [-0.15, -0.1) is 0 Å². The molecular formula is C15H24N4O. The number of nitrogens with one attached hydrogen (secondary N) is 1. The fourth-order valence-electron chi connectivity index (χ4n) is 3.42. The summed E-state index contributed by atoms with van der Waals surface area (Å²) in [5.74, 6) is 1.88. The molecule has 2 fully saturated rings. The van der Waals surface area contributed by atoms with Gasteiger partial charge >= 0.3 is 0 Å². The highest BCUT2D eigenvalue weighted by atomic mass is 16.1. The van der Waals surface area contributed by atoms with Gasteiger partial charge < -0.3 is 9.88 Å². The van der Waals surface area contributed by atoms with Crippen LogP contribution < -0.4 is 10.5 Å². The van der Waals surface area contributed by atoms with Crippen LogP contribution in [0.1, 0.15) is 44.9 Å². The summed E-state index contributed by atoms with van der Waals surface area (Å²) in [5, 5.41) is 0. The summed E-state index contributed by atoms with van der Waals surface area (Å²) in [5.41, 5.74) is -0.0403. The number of anilines is 1. The average Bonchev–Trinajstić information content (AvgIpc) is 2.62. The molecule has 0 aromatic carbocycles. The van der Waals surface area contributed by atoms with Crippen molar-refractivity contribution in [2.24, 2.45) is 0 Å². The highest BCUT2D eigenvalue weighted by Gasteiger charge is 2.35. The van der Waals surface area contributed by atoms with Crippen molar-refractivity contribution in [2.45, 2.75) is 51.1 Å². The largest absolute Gasteiger partial charge is 0.355 e. The quantitative estimate of drug-likeness (QED) is 0.891. The van der Waals surface area contributed by atoms with E-state index < -0.39 is 0 Å². The minimum Gasteiger partial charge on any atom is -0.355 e. The van der Waals surface area contributed by atoms with E-state index in [1.54, 1.807) is 6.07 Å². The first-order valence-corrected chi connectivity index (χ1v) is 7.62. The number of aromatic nitrogens is 2. The molecule has 2 saturated heterocycles. The summed E-state index contributed by atoms with van der Waals surface area (Å²) in [6.45, 7) is 6.10. The number of hydrogen-bond acceptors (Lipinski definition) is 4. The minimum atomic E-state index is -0.0403. The van der Waals surface area contributed by atoms with Gasteiger partial charge in [0, 0.05) is 37.2 Å². The van der Waals surface area contributed by atoms with E-state index >= 15 is 0 Å². The molecule has 1 N–H and O–H groups in total. The molecule has 0 saturated carbocycles. The first-order valence-electron chi connectivity index (χ1n) is 7.62. The van der Waals surface area contributed by atoms with Gasteiger partial charge in [-0.1, -0.05) is 13.8 Å². The third-order valence-electron chi connectivity index (χ3n) is 4.77. The Kier molecular flexibility index (Phi) is 3.54. The predicted octanol–water partition coefficient (Wildman–Crippen LogP) is 1.57. The molecule has 1 aromatic rings. The Balaban J connectivity index is 1.87. The first-order chi connectivity index (χ1) is 9.54. The molecule has 20 heavy (non-hydrogen) atoms. The SMILES string of the molecule is CC(C)c1nc(N2CCC3CCC(C2)N3C)cc(=O)[nH]1. The Morgan fingerprint density at radius 3 is 2.80 bits per heavy atom. The van der Waals surface area contributed by atoms with E-state index in [0.29, 0.717) is 12.1 Å². The lowest BCUT2D eigenvalue weighted by atomic mass is 10.1. The standard InChI is InChI=1S/C15H24N4O/c1-10(2)15-16-13(8-14(20)17-15)19-7-6-11-4-5-12(9-19)18(11)3/h8,10-12H,4-7,9H2,1-3H3,(H,16,17,20). The van der Waals surface area contributed by atoms with Crippen molar-refractivity contribution in [3.63, 3.8) is 0 Å². The molecule has 2 aliphatic rings. The van der Waals surface area contributed by atoms with E-state index in [9.17, 15) is 4.79 Å². The molecule has 2 bridgehead atoms. The number of fused-ring (bicyclic) bond motifs is 2. The fraction of sp³-hybridized carbons (Fsp3) is 0.733. The molecule has 0 amide bonds. The van der Waals surface area contributed by atoms with Crippen LogP contribution in [0.15, 0.2) is 10.9 Å². The summed E-state index contributed by atoms with van der Waals surface area (Å²) in [6, 6.07) is 2.95. The molecule has 1 aromatic heterocycles. The van der Waals surface area contributed by atoms with Gasteiger partial charge in [-0.3, -0.25) is 9.69 Å². The van der Waals surface area contributed by atoms with Gasteiger partial charge in [-0.2, -0.15) is 0 Å². The van der Waals surface area contributed by atoms with Gasteiger partial charge in [0.1, 0.15) is 11.6 Å². The second kappa shape index (κ2) is 5.20. The Morgan fingerprint density at radius 1 is 1.30 bits per heavy atom. The van der Waals surface area contributed by atoms with Crippen LogP contribution in [-0.4, -0.2) is 47.1 Å². The summed E-state index contributed by atoms with van der Waals surface area (Å²) < 4.78 is 0. The van der Waals surface area contributed by atoms with Gasteiger partial charge in [-0.05, 0) is 26.3 Å². The van der Waals surface area contributed by atoms with Crippen LogP contribution in [0.3, 0.4) is 0 Å². The van der Waals surface area contributed by atoms with Crippen molar-refractivity contribution in [2.75, 3.05) is 25.0 Å². The third kappa shape index (κ3) is 2.46. The highest BCUT2D eigenvalue weighted by molar-refractivity contribution is 5.38. The van der Waals surface area contributed by atoms with Crippen LogP contribution in [0.4, 0.5) is 5.82 Å². The normalized spacial score (nSPS) is 27.1. The smallest absolute Gasteiger partial charge is 0.252 e. The van der Waals surface area contributed by atoms with Gasteiger partial charge in [0.25, 0.3) is 5.56 Å². The van der Waals surface area contributed by atoms with E-state index in [1.807, 2.05) is 0 Å². The van der Waals surface area contributed by atoms with Crippen LogP contribution in [0.5, 0.6) is 0 Å². The average molecular weight is 276 g/mol. The lowest BCUT2D eigenvalue weighted by molar-refractivity contribution is 0.254. The zero-order valence-electron chi connectivity index (χ0n) is 12.6. The molecule has 5 nitrogen and oxygen atoms in total. The number of likely N-dealkylation sites (N-methyl/N-ethyl adjacent to an activating group) is 1. The number of hydrogen-bond donors (Lipinski definition) is 1. The van der Waals surface area contributed by atoms with E-state index in [1.165, 1.54) is 19.3 Å². The molecule has 0 radical (unpaired) electrons. The summed E-state index contributed by atoms with van der Waals surface area (Å²) in [7, 11) is 2.23. The van der Waals surface area contributed by atoms with E-state index in [0.717, 1.165) is 24.7 Å². The fourth-order valence-corrected chi connectivity index (χ4v) is 3.42. The highest BCUT2D eigenvalue weighted by Crippen LogP contribution is 2.30. The van der Waals surface area contributed by atoms with Crippen LogP contribution in [0.25, 0.3) is 0 Å². The molecule has 5 heteroatoms. The number of rotatable bonds is 2. The first kappa shape index (κ1) is 13.6. The zero-order valence-corrected chi connectivity index (χ0v) is 12.6. The van der Waals surface area contributed by atoms with Crippen molar-refractivity contribution in [3.8, 4) is 0 Å². The van der Waals surface area contributed by atoms with Crippen molar-refractivity contribution in [1.82, 2.24) is 14.9 Å². The summed E-state index contributed by atoms with van der Waals surface area (Å²) in [4.78, 5) is 24.1. The third-order valence-corrected chi connectivity index (χ3v) is 4.77. The minimum absolute atomic E-state index is 0.0403. The van der Waals surface area contributed by atoms with E-state index in [4.69, 9.17) is 0 Å². The molecule has 3 rings (SSSR count). The molecule has 3 heterocycles. The maximum Gasteiger partial charge on any atom is 0.252 e. The van der Waals surface area contributed by atoms with Crippen LogP contribution in [0.2, 0.25) is 0 Å². The molecule has 2 unspecified atom stereocenters. The van der Waals surface area contributed by atoms with Gasteiger partial charge in [0.15, 0.2) is 0 Å². The summed E-state index contributed by atoms with van der Waals surface area (Å²) >= 11 is 0. The molecule has 2 aliphatic heterocycles. The van der Waals surface area contributed by atoms with Crippen molar-refractivity contribution < 1.29 is 0 Å². The van der Waals surface area contributed by atoms with Crippen LogP contribution in [-0.2, 0) is 0 Å². The topological polar surface area (TPSA) is 52.2 Å². The monoisotopic (exact) mass is 276 g/mol. The second-order valence-corrected chi connectivity index (χ2v) is 6.43. The maximum absolute atomic E-state index is 11.8. The Hall–Kier alpha value is -1.36. The molecule has 0 spiro atoms. The predicted molar refractivity (Wildman–Crippen MR) is 80.3 cm³/mol. The Bertz CT molecular complexity index is 539. The number of H-pyrrole nitrogens is 1. The van der Waals surface area contributed by atoms with Crippen LogP contribution >= 0.6 is 0 Å².